The summed E-state index contributed by atoms with van der Waals surface area (Å²) in [6.45, 7) is 0. The maximum Gasteiger partial charge on any atom is 0.293 e. The quantitative estimate of drug-likeness (QED) is 0.379. The van der Waals surface area contributed by atoms with Gasteiger partial charge in [-0.3, -0.25) is 14.9 Å². The molecule has 7 nitrogen and oxygen atoms in total. The molecule has 0 saturated heterocycles. The lowest BCUT2D eigenvalue weighted by Gasteiger charge is -2.09. The van der Waals surface area contributed by atoms with Crippen LogP contribution in [0.25, 0.3) is 0 Å². The molecule has 2 heterocycles. The molecule has 2 aromatic heterocycles. The van der Waals surface area contributed by atoms with E-state index >= 15 is 0 Å². The Morgan fingerprint density at radius 2 is 1.84 bits per heavy atom. The van der Waals surface area contributed by atoms with Crippen LogP contribution in [0.1, 0.15) is 16.2 Å². The molecule has 0 unspecified atom stereocenters. The van der Waals surface area contributed by atoms with Gasteiger partial charge in [-0.05, 0) is 48.5 Å². The van der Waals surface area contributed by atoms with E-state index in [2.05, 4.69) is 15.6 Å². The Morgan fingerprint density at radius 3 is 2.58 bits per heavy atom. The number of ether oxygens (including phenoxy) is 1. The zero-order valence-corrected chi connectivity index (χ0v) is 17.6. The van der Waals surface area contributed by atoms with Gasteiger partial charge in [0.1, 0.15) is 11.5 Å². The summed E-state index contributed by atoms with van der Waals surface area (Å²) < 4.78 is 10.8. The van der Waals surface area contributed by atoms with E-state index in [-0.39, 0.29) is 18.1 Å². The molecule has 0 aliphatic carbocycles. The molecule has 0 bridgehead atoms. The Hall–Kier alpha value is -3.62. The van der Waals surface area contributed by atoms with Crippen LogP contribution >= 0.6 is 22.9 Å². The molecule has 31 heavy (non-hydrogen) atoms. The van der Waals surface area contributed by atoms with E-state index in [1.165, 1.54) is 17.6 Å². The number of hydrogen-bond donors (Lipinski definition) is 2. The number of amides is 2. The Kier molecular flexibility index (Phi) is 6.30. The van der Waals surface area contributed by atoms with Crippen molar-refractivity contribution >= 4 is 45.6 Å². The number of thiazole rings is 1. The highest BCUT2D eigenvalue weighted by Gasteiger charge is 2.13. The van der Waals surface area contributed by atoms with Crippen LogP contribution in [0.3, 0.4) is 0 Å². The molecule has 2 amide bonds. The van der Waals surface area contributed by atoms with Crippen LogP contribution in [0.5, 0.6) is 11.5 Å². The van der Waals surface area contributed by atoms with Gasteiger partial charge in [0.05, 0.1) is 23.4 Å². The average Bonchev–Trinajstić information content (AvgIpc) is 3.43. The predicted molar refractivity (Wildman–Crippen MR) is 119 cm³/mol. The van der Waals surface area contributed by atoms with Crippen LogP contribution in [0.2, 0.25) is 5.02 Å². The third-order valence-electron chi connectivity index (χ3n) is 4.06. The number of carbonyl (C=O) groups is 2. The molecule has 4 aromatic rings. The fourth-order valence-corrected chi connectivity index (χ4v) is 3.52. The van der Waals surface area contributed by atoms with Crippen molar-refractivity contribution in [3.8, 4) is 11.5 Å². The number of carbonyl (C=O) groups excluding carboxylic acids is 2. The van der Waals surface area contributed by atoms with Crippen LogP contribution in [0, 0.1) is 0 Å². The van der Waals surface area contributed by atoms with E-state index in [1.807, 2.05) is 12.1 Å². The van der Waals surface area contributed by atoms with E-state index in [1.54, 1.807) is 53.9 Å². The molecule has 0 aliphatic heterocycles. The molecule has 9 heteroatoms. The Morgan fingerprint density at radius 1 is 1.03 bits per heavy atom. The zero-order valence-electron chi connectivity index (χ0n) is 16.0. The number of para-hydroxylation sites is 1. The first kappa shape index (κ1) is 20.6. The number of halogens is 1. The second kappa shape index (κ2) is 9.46. The minimum Gasteiger partial charge on any atom is -0.459 e. The van der Waals surface area contributed by atoms with Gasteiger partial charge in [0, 0.05) is 11.1 Å². The van der Waals surface area contributed by atoms with Gasteiger partial charge < -0.3 is 14.5 Å². The van der Waals surface area contributed by atoms with Crippen LogP contribution in [-0.4, -0.2) is 16.8 Å². The smallest absolute Gasteiger partial charge is 0.293 e. The molecule has 0 aliphatic rings. The molecule has 0 fully saturated rings. The molecule has 2 aromatic carbocycles. The van der Waals surface area contributed by atoms with E-state index in [0.717, 1.165) is 0 Å². The summed E-state index contributed by atoms with van der Waals surface area (Å²) in [4.78, 5) is 28.6. The summed E-state index contributed by atoms with van der Waals surface area (Å²) in [7, 11) is 0. The van der Waals surface area contributed by atoms with Crippen LogP contribution in [0.15, 0.2) is 76.7 Å². The van der Waals surface area contributed by atoms with Crippen LogP contribution in [-0.2, 0) is 11.2 Å². The lowest BCUT2D eigenvalue weighted by Crippen LogP contribution is -2.15. The maximum atomic E-state index is 12.3. The fraction of sp³-hybridized carbons (Fsp3) is 0.0455. The zero-order chi connectivity index (χ0) is 21.6. The first-order valence-electron chi connectivity index (χ1n) is 9.18. The van der Waals surface area contributed by atoms with E-state index in [4.69, 9.17) is 20.8 Å². The summed E-state index contributed by atoms with van der Waals surface area (Å²) in [6, 6.07) is 17.3. The van der Waals surface area contributed by atoms with Gasteiger partial charge in [0.25, 0.3) is 5.91 Å². The first-order valence-corrected chi connectivity index (χ1v) is 10.4. The summed E-state index contributed by atoms with van der Waals surface area (Å²) in [5, 5.41) is 8.07. The maximum absolute atomic E-state index is 12.3. The van der Waals surface area contributed by atoms with Gasteiger partial charge in [0.15, 0.2) is 10.9 Å². The van der Waals surface area contributed by atoms with E-state index < -0.39 is 5.91 Å². The lowest BCUT2D eigenvalue weighted by molar-refractivity contribution is -0.115. The Bertz CT molecular complexity index is 1190. The Balaban J connectivity index is 1.30. The number of benzene rings is 2. The molecule has 0 saturated carbocycles. The topological polar surface area (TPSA) is 93.5 Å². The van der Waals surface area contributed by atoms with E-state index in [9.17, 15) is 9.59 Å². The van der Waals surface area contributed by atoms with Crippen molar-refractivity contribution in [3.63, 3.8) is 0 Å². The summed E-state index contributed by atoms with van der Waals surface area (Å²) >= 11 is 7.33. The van der Waals surface area contributed by atoms with Crippen molar-refractivity contribution in [2.75, 3.05) is 10.6 Å². The van der Waals surface area contributed by atoms with Gasteiger partial charge in [-0.2, -0.15) is 0 Å². The van der Waals surface area contributed by atoms with Gasteiger partial charge in [-0.25, -0.2) is 4.98 Å². The van der Waals surface area contributed by atoms with Crippen LogP contribution < -0.4 is 15.4 Å². The van der Waals surface area contributed by atoms with Crippen LogP contribution in [0.4, 0.5) is 10.8 Å². The SMILES string of the molecule is O=C(Cc1csc(NC(=O)c2ccco2)n1)Nc1ccc(Oc2ccccc2Cl)cc1. The van der Waals surface area contributed by atoms with Gasteiger partial charge >= 0.3 is 0 Å². The molecule has 4 rings (SSSR count). The second-order valence-corrected chi connectivity index (χ2v) is 7.62. The number of hydrogen-bond acceptors (Lipinski definition) is 6. The van der Waals surface area contributed by atoms with Crippen molar-refractivity contribution < 1.29 is 18.7 Å². The minimum atomic E-state index is -0.394. The third kappa shape index (κ3) is 5.50. The number of nitrogens with zero attached hydrogens (tertiary/aromatic N) is 1. The third-order valence-corrected chi connectivity index (χ3v) is 5.18. The predicted octanol–water partition coefficient (Wildman–Crippen LogP) is 5.62. The first-order chi connectivity index (χ1) is 15.1. The highest BCUT2D eigenvalue weighted by atomic mass is 35.5. The molecule has 0 atom stereocenters. The van der Waals surface area contributed by atoms with Crippen molar-refractivity contribution in [3.05, 3.63) is 88.8 Å². The van der Waals surface area contributed by atoms with E-state index in [0.29, 0.717) is 33.0 Å². The number of aromatic nitrogens is 1. The van der Waals surface area contributed by atoms with Crippen molar-refractivity contribution in [2.45, 2.75) is 6.42 Å². The number of nitrogens with one attached hydrogen (secondary N) is 2. The largest absolute Gasteiger partial charge is 0.459 e. The molecule has 0 spiro atoms. The minimum absolute atomic E-state index is 0.0744. The van der Waals surface area contributed by atoms with Crippen molar-refractivity contribution in [1.29, 1.82) is 0 Å². The highest BCUT2D eigenvalue weighted by Crippen LogP contribution is 2.29. The molecule has 0 radical (unpaired) electrons. The highest BCUT2D eigenvalue weighted by molar-refractivity contribution is 7.14. The normalized spacial score (nSPS) is 10.5. The Labute approximate surface area is 186 Å². The van der Waals surface area contributed by atoms with Gasteiger partial charge in [-0.1, -0.05) is 23.7 Å². The summed E-state index contributed by atoms with van der Waals surface area (Å²) in [5.41, 5.74) is 1.18. The molecular weight excluding hydrogens is 438 g/mol. The number of anilines is 2. The fourth-order valence-electron chi connectivity index (χ4n) is 2.64. The summed E-state index contributed by atoms with van der Waals surface area (Å²) in [6.07, 6.45) is 1.49. The van der Waals surface area contributed by atoms with Gasteiger partial charge in [-0.15, -0.1) is 11.3 Å². The molecule has 2 N–H and O–H groups in total. The van der Waals surface area contributed by atoms with Gasteiger partial charge in [0.2, 0.25) is 5.91 Å². The monoisotopic (exact) mass is 453 g/mol. The van der Waals surface area contributed by atoms with Crippen molar-refractivity contribution in [1.82, 2.24) is 4.98 Å². The lowest BCUT2D eigenvalue weighted by atomic mass is 10.2. The number of furan rings is 1. The second-order valence-electron chi connectivity index (χ2n) is 6.36. The summed E-state index contributed by atoms with van der Waals surface area (Å²) in [5.74, 6) is 0.724. The molecule has 156 valence electrons. The van der Waals surface area contributed by atoms with Crippen molar-refractivity contribution in [2.24, 2.45) is 0 Å². The number of rotatable bonds is 7. The average molecular weight is 454 g/mol. The standard InChI is InChI=1S/C22H16ClN3O4S/c23-17-4-1-2-5-18(17)30-16-9-7-14(8-10-16)24-20(27)12-15-13-31-22(25-15)26-21(28)19-6-3-11-29-19/h1-11,13H,12H2,(H,24,27)(H,25,26,28). The molecular formula is C22H16ClN3O4S.